The number of thiazole rings is 1. The summed E-state index contributed by atoms with van der Waals surface area (Å²) >= 11 is 1.69. The van der Waals surface area contributed by atoms with E-state index in [1.807, 2.05) is 72.5 Å². The van der Waals surface area contributed by atoms with E-state index in [2.05, 4.69) is 15.3 Å². The number of hydrogen-bond acceptors (Lipinski definition) is 5. The van der Waals surface area contributed by atoms with Crippen LogP contribution >= 0.6 is 11.3 Å². The van der Waals surface area contributed by atoms with E-state index >= 15 is 0 Å². The van der Waals surface area contributed by atoms with Gasteiger partial charge in [-0.3, -0.25) is 9.69 Å². The summed E-state index contributed by atoms with van der Waals surface area (Å²) in [5.41, 5.74) is 3.20. The van der Waals surface area contributed by atoms with Crippen molar-refractivity contribution in [1.29, 1.82) is 0 Å². The van der Waals surface area contributed by atoms with Crippen molar-refractivity contribution in [3.05, 3.63) is 87.9 Å². The largest absolute Gasteiger partial charge is 0.489 e. The fraction of sp³-hybridized carbons (Fsp3) is 0.280. The average molecular weight is 434 g/mol. The van der Waals surface area contributed by atoms with Crippen molar-refractivity contribution in [2.75, 3.05) is 26.2 Å². The molecule has 1 aliphatic heterocycles. The van der Waals surface area contributed by atoms with E-state index in [1.54, 1.807) is 17.4 Å². The molecule has 6 heteroatoms. The molecule has 0 aliphatic carbocycles. The van der Waals surface area contributed by atoms with Crippen LogP contribution in [0.1, 0.15) is 21.8 Å². The Labute approximate surface area is 187 Å². The number of ether oxygens (including phenoxy) is 1. The molecule has 0 N–H and O–H groups in total. The zero-order valence-corrected chi connectivity index (χ0v) is 18.6. The van der Waals surface area contributed by atoms with Gasteiger partial charge in [-0.2, -0.15) is 0 Å². The summed E-state index contributed by atoms with van der Waals surface area (Å²) in [7, 11) is 0. The van der Waals surface area contributed by atoms with Gasteiger partial charge < -0.3 is 9.64 Å². The smallest absolute Gasteiger partial charge is 0.246 e. The fourth-order valence-corrected chi connectivity index (χ4v) is 4.16. The third kappa shape index (κ3) is 6.26. The molecular weight excluding hydrogens is 406 g/mol. The van der Waals surface area contributed by atoms with Gasteiger partial charge in [0.25, 0.3) is 0 Å². The molecule has 0 saturated carbocycles. The van der Waals surface area contributed by atoms with E-state index in [9.17, 15) is 4.79 Å². The lowest BCUT2D eigenvalue weighted by Crippen LogP contribution is -2.47. The SMILES string of the molecule is Cc1nc(CN2CCN(C(=O)/C=C/c3cccc(OCc4ccccc4)c3)CC2)cs1. The predicted octanol–water partition coefficient (Wildman–Crippen LogP) is 4.39. The Bertz CT molecular complexity index is 1020. The van der Waals surface area contributed by atoms with Gasteiger partial charge in [0.2, 0.25) is 5.91 Å². The maximum Gasteiger partial charge on any atom is 0.246 e. The summed E-state index contributed by atoms with van der Waals surface area (Å²) in [6.45, 7) is 6.65. The van der Waals surface area contributed by atoms with Crippen LogP contribution in [-0.2, 0) is 17.9 Å². The molecule has 2 aromatic carbocycles. The molecule has 0 unspecified atom stereocenters. The summed E-state index contributed by atoms with van der Waals surface area (Å²) < 4.78 is 5.88. The Morgan fingerprint density at radius 2 is 1.90 bits per heavy atom. The second-order valence-electron chi connectivity index (χ2n) is 7.64. The number of rotatable bonds is 7. The van der Waals surface area contributed by atoms with Gasteiger partial charge in [-0.25, -0.2) is 4.98 Å². The minimum absolute atomic E-state index is 0.0553. The molecule has 1 aromatic heterocycles. The summed E-state index contributed by atoms with van der Waals surface area (Å²) in [6.07, 6.45) is 3.53. The first-order chi connectivity index (χ1) is 15.2. The molecule has 160 valence electrons. The summed E-state index contributed by atoms with van der Waals surface area (Å²) in [5, 5.41) is 3.22. The number of benzene rings is 2. The number of amides is 1. The molecule has 3 aromatic rings. The Balaban J connectivity index is 1.26. The lowest BCUT2D eigenvalue weighted by atomic mass is 10.2. The first-order valence-corrected chi connectivity index (χ1v) is 11.4. The van der Waals surface area contributed by atoms with Crippen LogP contribution < -0.4 is 4.74 Å². The van der Waals surface area contributed by atoms with Crippen molar-refractivity contribution in [2.45, 2.75) is 20.1 Å². The van der Waals surface area contributed by atoms with Crippen LogP contribution in [-0.4, -0.2) is 46.9 Å². The second kappa shape index (κ2) is 10.4. The zero-order chi connectivity index (χ0) is 21.5. The number of carbonyl (C=O) groups excluding carboxylic acids is 1. The summed E-state index contributed by atoms with van der Waals surface area (Å²) in [5.74, 6) is 0.851. The third-order valence-electron chi connectivity index (χ3n) is 5.26. The molecule has 0 bridgehead atoms. The molecule has 4 rings (SSSR count). The molecule has 1 fully saturated rings. The van der Waals surface area contributed by atoms with Crippen molar-refractivity contribution in [3.63, 3.8) is 0 Å². The minimum atomic E-state index is 0.0553. The van der Waals surface area contributed by atoms with Gasteiger partial charge in [0.1, 0.15) is 12.4 Å². The molecular formula is C25H27N3O2S. The van der Waals surface area contributed by atoms with Crippen molar-refractivity contribution < 1.29 is 9.53 Å². The van der Waals surface area contributed by atoms with Crippen molar-refractivity contribution >= 4 is 23.3 Å². The van der Waals surface area contributed by atoms with Crippen LogP contribution in [0.25, 0.3) is 6.08 Å². The quantitative estimate of drug-likeness (QED) is 0.519. The highest BCUT2D eigenvalue weighted by Crippen LogP contribution is 2.17. The topological polar surface area (TPSA) is 45.7 Å². The van der Waals surface area contributed by atoms with E-state index < -0.39 is 0 Å². The highest BCUT2D eigenvalue weighted by Gasteiger charge is 2.20. The number of carbonyl (C=O) groups is 1. The van der Waals surface area contributed by atoms with E-state index in [4.69, 9.17) is 4.74 Å². The van der Waals surface area contributed by atoms with Gasteiger partial charge in [0.05, 0.1) is 10.7 Å². The Morgan fingerprint density at radius 3 is 2.65 bits per heavy atom. The van der Waals surface area contributed by atoms with Gasteiger partial charge in [-0.05, 0) is 36.3 Å². The fourth-order valence-electron chi connectivity index (χ4n) is 3.56. The second-order valence-corrected chi connectivity index (χ2v) is 8.70. The van der Waals surface area contributed by atoms with Crippen molar-refractivity contribution in [3.8, 4) is 5.75 Å². The molecule has 0 radical (unpaired) electrons. The number of piperazine rings is 1. The van der Waals surface area contributed by atoms with Crippen LogP contribution in [0.4, 0.5) is 0 Å². The third-order valence-corrected chi connectivity index (χ3v) is 6.08. The van der Waals surface area contributed by atoms with Crippen molar-refractivity contribution in [1.82, 2.24) is 14.8 Å². The first-order valence-electron chi connectivity index (χ1n) is 10.5. The van der Waals surface area contributed by atoms with Gasteiger partial charge in [0, 0.05) is 44.2 Å². The van der Waals surface area contributed by atoms with Gasteiger partial charge in [-0.1, -0.05) is 42.5 Å². The predicted molar refractivity (Wildman–Crippen MR) is 125 cm³/mol. The van der Waals surface area contributed by atoms with Crippen molar-refractivity contribution in [2.24, 2.45) is 0 Å². The maximum atomic E-state index is 12.6. The monoisotopic (exact) mass is 433 g/mol. The van der Waals surface area contributed by atoms with E-state index in [0.29, 0.717) is 6.61 Å². The average Bonchev–Trinajstić information content (AvgIpc) is 3.22. The molecule has 0 spiro atoms. The highest BCUT2D eigenvalue weighted by atomic mass is 32.1. The molecule has 1 aliphatic rings. The molecule has 31 heavy (non-hydrogen) atoms. The summed E-state index contributed by atoms with van der Waals surface area (Å²) in [4.78, 5) is 21.4. The lowest BCUT2D eigenvalue weighted by molar-refractivity contribution is -0.127. The molecule has 5 nitrogen and oxygen atoms in total. The molecule has 2 heterocycles. The Hall–Kier alpha value is -2.96. The Kier molecular flexibility index (Phi) is 7.12. The van der Waals surface area contributed by atoms with Crippen LogP contribution in [0, 0.1) is 6.92 Å². The Morgan fingerprint density at radius 1 is 1.10 bits per heavy atom. The highest BCUT2D eigenvalue weighted by molar-refractivity contribution is 7.09. The normalized spacial score (nSPS) is 14.8. The lowest BCUT2D eigenvalue weighted by Gasteiger charge is -2.33. The van der Waals surface area contributed by atoms with Crippen LogP contribution in [0.5, 0.6) is 5.75 Å². The first kappa shape index (κ1) is 21.3. The van der Waals surface area contributed by atoms with Gasteiger partial charge in [0.15, 0.2) is 0 Å². The van der Waals surface area contributed by atoms with Crippen LogP contribution in [0.2, 0.25) is 0 Å². The standard InChI is InChI=1S/C25H27N3O2S/c1-20-26-23(19-31-20)17-27-12-14-28(15-13-27)25(29)11-10-21-8-5-9-24(16-21)30-18-22-6-3-2-4-7-22/h2-11,16,19H,12-15,17-18H2,1H3/b11-10+. The minimum Gasteiger partial charge on any atom is -0.489 e. The van der Waals surface area contributed by atoms with Crippen LogP contribution in [0.15, 0.2) is 66.1 Å². The van der Waals surface area contributed by atoms with E-state index in [-0.39, 0.29) is 5.91 Å². The zero-order valence-electron chi connectivity index (χ0n) is 17.7. The summed E-state index contributed by atoms with van der Waals surface area (Å²) in [6, 6.07) is 17.9. The van der Waals surface area contributed by atoms with Gasteiger partial charge in [-0.15, -0.1) is 11.3 Å². The van der Waals surface area contributed by atoms with Gasteiger partial charge >= 0.3 is 0 Å². The maximum absolute atomic E-state index is 12.6. The van der Waals surface area contributed by atoms with E-state index in [1.165, 1.54) is 0 Å². The number of nitrogens with zero attached hydrogens (tertiary/aromatic N) is 3. The van der Waals surface area contributed by atoms with E-state index in [0.717, 1.165) is 60.3 Å². The van der Waals surface area contributed by atoms with Crippen LogP contribution in [0.3, 0.4) is 0 Å². The molecule has 0 atom stereocenters. The number of aromatic nitrogens is 1. The molecule has 1 saturated heterocycles. The molecule has 1 amide bonds. The number of hydrogen-bond donors (Lipinski definition) is 0. The number of aryl methyl sites for hydroxylation is 1.